The summed E-state index contributed by atoms with van der Waals surface area (Å²) < 4.78 is 38.6. The molecule has 0 unspecified atom stereocenters. The van der Waals surface area contributed by atoms with Crippen LogP contribution in [0.3, 0.4) is 0 Å². The van der Waals surface area contributed by atoms with Gasteiger partial charge in [-0.05, 0) is 67.4 Å². The zero-order valence-corrected chi connectivity index (χ0v) is 17.7. The first-order valence-corrected chi connectivity index (χ1v) is 10.6. The summed E-state index contributed by atoms with van der Waals surface area (Å²) in [6.45, 7) is 4.00. The second-order valence-electron chi connectivity index (χ2n) is 6.64. The number of benzene rings is 2. The van der Waals surface area contributed by atoms with Crippen LogP contribution < -0.4 is 14.2 Å². The summed E-state index contributed by atoms with van der Waals surface area (Å²) >= 11 is 0. The molecule has 0 saturated heterocycles. The summed E-state index contributed by atoms with van der Waals surface area (Å²) in [4.78, 5) is 4.82. The van der Waals surface area contributed by atoms with Gasteiger partial charge in [-0.25, -0.2) is 13.1 Å². The molecule has 0 spiro atoms. The Balaban J connectivity index is 1.94. The highest BCUT2D eigenvalue weighted by atomic mass is 32.2. The van der Waals surface area contributed by atoms with E-state index < -0.39 is 10.0 Å². The lowest BCUT2D eigenvalue weighted by Crippen LogP contribution is -2.24. The van der Waals surface area contributed by atoms with Crippen LogP contribution in [0.25, 0.3) is 11.3 Å². The van der Waals surface area contributed by atoms with E-state index in [2.05, 4.69) is 9.71 Å². The number of ether oxygens (including phenoxy) is 2. The monoisotopic (exact) mass is 412 g/mol. The number of nitrogens with zero attached hydrogens (tertiary/aromatic N) is 1. The normalized spacial score (nSPS) is 11.3. The predicted molar refractivity (Wildman–Crippen MR) is 113 cm³/mol. The third kappa shape index (κ3) is 4.75. The Morgan fingerprint density at radius 2 is 1.62 bits per heavy atom. The summed E-state index contributed by atoms with van der Waals surface area (Å²) in [5.41, 5.74) is 4.31. The highest BCUT2D eigenvalue weighted by molar-refractivity contribution is 7.89. The van der Waals surface area contributed by atoms with E-state index in [1.807, 2.05) is 44.2 Å². The van der Waals surface area contributed by atoms with Crippen molar-refractivity contribution in [2.75, 3.05) is 14.2 Å². The summed E-state index contributed by atoms with van der Waals surface area (Å²) in [6, 6.07) is 15.9. The molecule has 0 fully saturated rings. The van der Waals surface area contributed by atoms with Crippen molar-refractivity contribution < 1.29 is 17.9 Å². The van der Waals surface area contributed by atoms with Gasteiger partial charge in [0.05, 0.1) is 24.8 Å². The average Bonchev–Trinajstić information content (AvgIpc) is 2.72. The van der Waals surface area contributed by atoms with Crippen LogP contribution in [0.4, 0.5) is 0 Å². The summed E-state index contributed by atoms with van der Waals surface area (Å²) in [5, 5.41) is 0. The second kappa shape index (κ2) is 8.63. The fraction of sp³-hybridized carbons (Fsp3) is 0.227. The van der Waals surface area contributed by atoms with Crippen LogP contribution in [0.15, 0.2) is 59.5 Å². The van der Waals surface area contributed by atoms with Crippen molar-refractivity contribution in [3.05, 3.63) is 71.4 Å². The van der Waals surface area contributed by atoms with Gasteiger partial charge in [0, 0.05) is 23.9 Å². The molecule has 152 valence electrons. The zero-order chi connectivity index (χ0) is 21.0. The maximum atomic E-state index is 12.8. The number of methoxy groups -OCH3 is 2. The molecule has 0 atom stereocenters. The van der Waals surface area contributed by atoms with Gasteiger partial charge in [0.15, 0.2) is 0 Å². The molecule has 0 bridgehead atoms. The molecule has 0 aliphatic carbocycles. The van der Waals surface area contributed by atoms with E-state index in [0.29, 0.717) is 5.75 Å². The summed E-state index contributed by atoms with van der Waals surface area (Å²) in [5.74, 6) is 1.23. The van der Waals surface area contributed by atoms with Crippen molar-refractivity contribution in [3.8, 4) is 22.8 Å². The Morgan fingerprint density at radius 1 is 0.931 bits per heavy atom. The largest absolute Gasteiger partial charge is 0.497 e. The third-order valence-electron chi connectivity index (χ3n) is 4.63. The van der Waals surface area contributed by atoms with E-state index in [1.54, 1.807) is 19.2 Å². The number of pyridine rings is 1. The SMILES string of the molecule is COc1ccc(-c2nc(C)cc(C)c2CNS(=O)(=O)c2cccc(OC)c2)cc1. The molecular formula is C22H24N2O4S. The molecule has 7 heteroatoms. The van der Waals surface area contributed by atoms with Crippen LogP contribution in [0.5, 0.6) is 11.5 Å². The van der Waals surface area contributed by atoms with Gasteiger partial charge in [-0.2, -0.15) is 0 Å². The average molecular weight is 413 g/mol. The van der Waals surface area contributed by atoms with Crippen molar-refractivity contribution in [2.24, 2.45) is 0 Å². The molecule has 1 aromatic heterocycles. The van der Waals surface area contributed by atoms with Gasteiger partial charge in [0.1, 0.15) is 11.5 Å². The number of aryl methyl sites for hydroxylation is 2. The van der Waals surface area contributed by atoms with Crippen LogP contribution in [0.2, 0.25) is 0 Å². The molecule has 29 heavy (non-hydrogen) atoms. The van der Waals surface area contributed by atoms with Gasteiger partial charge in [0.25, 0.3) is 0 Å². The standard InChI is InChI=1S/C22H24N2O4S/c1-15-12-16(2)24-22(17-8-10-18(27-3)11-9-17)21(15)14-23-29(25,26)20-7-5-6-19(13-20)28-4/h5-13,23H,14H2,1-4H3. The highest BCUT2D eigenvalue weighted by Gasteiger charge is 2.18. The molecule has 6 nitrogen and oxygen atoms in total. The quantitative estimate of drug-likeness (QED) is 0.638. The number of hydrogen-bond donors (Lipinski definition) is 1. The third-order valence-corrected chi connectivity index (χ3v) is 6.03. The van der Waals surface area contributed by atoms with Gasteiger partial charge < -0.3 is 9.47 Å². The van der Waals surface area contributed by atoms with E-state index in [1.165, 1.54) is 19.2 Å². The minimum absolute atomic E-state index is 0.125. The molecule has 0 aliphatic heterocycles. The Bertz CT molecular complexity index is 1110. The van der Waals surface area contributed by atoms with Gasteiger partial charge in [-0.3, -0.25) is 4.98 Å². The van der Waals surface area contributed by atoms with E-state index in [4.69, 9.17) is 9.47 Å². The molecule has 3 rings (SSSR count). The Labute approximate surface area is 171 Å². The molecule has 2 aromatic carbocycles. The minimum atomic E-state index is -3.71. The first-order valence-electron chi connectivity index (χ1n) is 9.09. The molecule has 1 heterocycles. The number of aromatic nitrogens is 1. The van der Waals surface area contributed by atoms with Gasteiger partial charge in [-0.15, -0.1) is 0 Å². The molecular weight excluding hydrogens is 388 g/mol. The van der Waals surface area contributed by atoms with Crippen LogP contribution in [-0.4, -0.2) is 27.6 Å². The van der Waals surface area contributed by atoms with Crippen LogP contribution >= 0.6 is 0 Å². The molecule has 1 N–H and O–H groups in total. The number of sulfonamides is 1. The lowest BCUT2D eigenvalue weighted by Gasteiger charge is -2.15. The van der Waals surface area contributed by atoms with Gasteiger partial charge >= 0.3 is 0 Å². The number of nitrogens with one attached hydrogen (secondary N) is 1. The smallest absolute Gasteiger partial charge is 0.241 e. The molecule has 0 amide bonds. The topological polar surface area (TPSA) is 77.5 Å². The van der Waals surface area contributed by atoms with Crippen molar-refractivity contribution in [3.63, 3.8) is 0 Å². The zero-order valence-electron chi connectivity index (χ0n) is 16.9. The van der Waals surface area contributed by atoms with Crippen molar-refractivity contribution in [2.45, 2.75) is 25.3 Å². The van der Waals surface area contributed by atoms with Gasteiger partial charge in [0.2, 0.25) is 10.0 Å². The van der Waals surface area contributed by atoms with E-state index >= 15 is 0 Å². The lowest BCUT2D eigenvalue weighted by atomic mass is 10.0. The Kier molecular flexibility index (Phi) is 6.20. The predicted octanol–water partition coefficient (Wildman–Crippen LogP) is 3.86. The number of rotatable bonds is 7. The molecule has 0 saturated carbocycles. The summed E-state index contributed by atoms with van der Waals surface area (Å²) in [7, 11) is -0.590. The van der Waals surface area contributed by atoms with Crippen LogP contribution in [0, 0.1) is 13.8 Å². The second-order valence-corrected chi connectivity index (χ2v) is 8.41. The first kappa shape index (κ1) is 20.8. The van der Waals surface area contributed by atoms with Crippen LogP contribution in [-0.2, 0) is 16.6 Å². The fourth-order valence-electron chi connectivity index (χ4n) is 3.09. The lowest BCUT2D eigenvalue weighted by molar-refractivity contribution is 0.413. The minimum Gasteiger partial charge on any atom is -0.497 e. The van der Waals surface area contributed by atoms with Gasteiger partial charge in [-0.1, -0.05) is 6.07 Å². The molecule has 3 aromatic rings. The van der Waals surface area contributed by atoms with Crippen molar-refractivity contribution in [1.29, 1.82) is 0 Å². The highest BCUT2D eigenvalue weighted by Crippen LogP contribution is 2.27. The van der Waals surface area contributed by atoms with E-state index in [9.17, 15) is 8.42 Å². The Morgan fingerprint density at radius 3 is 2.28 bits per heavy atom. The molecule has 0 aliphatic rings. The van der Waals surface area contributed by atoms with E-state index in [-0.39, 0.29) is 11.4 Å². The first-order chi connectivity index (χ1) is 13.8. The van der Waals surface area contributed by atoms with Crippen molar-refractivity contribution in [1.82, 2.24) is 9.71 Å². The fourth-order valence-corrected chi connectivity index (χ4v) is 4.12. The maximum Gasteiger partial charge on any atom is 0.241 e. The van der Waals surface area contributed by atoms with Crippen LogP contribution in [0.1, 0.15) is 16.8 Å². The molecule has 0 radical (unpaired) electrons. The summed E-state index contributed by atoms with van der Waals surface area (Å²) in [6.07, 6.45) is 0. The van der Waals surface area contributed by atoms with E-state index in [0.717, 1.165) is 33.8 Å². The maximum absolute atomic E-state index is 12.8. The Hall–Kier alpha value is -2.90. The number of hydrogen-bond acceptors (Lipinski definition) is 5. The van der Waals surface area contributed by atoms with Crippen molar-refractivity contribution >= 4 is 10.0 Å².